The highest BCUT2D eigenvalue weighted by Crippen LogP contribution is 2.28. The van der Waals surface area contributed by atoms with Gasteiger partial charge in [0.2, 0.25) is 0 Å². The highest BCUT2D eigenvalue weighted by Gasteiger charge is 2.22. The monoisotopic (exact) mass is 293 g/mol. The molecule has 0 aliphatic heterocycles. The molecule has 0 amide bonds. The number of thiophene rings is 1. The molecule has 0 spiro atoms. The van der Waals surface area contributed by atoms with Crippen LogP contribution >= 0.6 is 22.9 Å². The van der Waals surface area contributed by atoms with Crippen molar-refractivity contribution in [1.82, 2.24) is 5.32 Å². The molecule has 3 heteroatoms. The van der Waals surface area contributed by atoms with Gasteiger partial charge in [0, 0.05) is 27.9 Å². The van der Waals surface area contributed by atoms with Gasteiger partial charge in [-0.25, -0.2) is 0 Å². The van der Waals surface area contributed by atoms with E-state index in [1.54, 1.807) is 0 Å². The summed E-state index contributed by atoms with van der Waals surface area (Å²) >= 11 is 8.05. The Morgan fingerprint density at radius 2 is 1.95 bits per heavy atom. The Balaban J connectivity index is 2.01. The normalized spacial score (nSPS) is 13.5. The first-order valence-electron chi connectivity index (χ1n) is 6.52. The molecule has 1 aromatic heterocycles. The Bertz CT molecular complexity index is 519. The van der Waals surface area contributed by atoms with Crippen LogP contribution in [-0.2, 0) is 5.41 Å². The molecule has 1 nitrogen and oxygen atoms in total. The fourth-order valence-corrected chi connectivity index (χ4v) is 3.25. The maximum atomic E-state index is 6.23. The van der Waals surface area contributed by atoms with Crippen LogP contribution in [0.2, 0.25) is 5.02 Å². The van der Waals surface area contributed by atoms with Gasteiger partial charge >= 0.3 is 0 Å². The molecule has 1 unspecified atom stereocenters. The third-order valence-corrected chi connectivity index (χ3v) is 4.99. The maximum Gasteiger partial charge on any atom is 0.0453 e. The molecule has 19 heavy (non-hydrogen) atoms. The predicted molar refractivity (Wildman–Crippen MR) is 85.2 cm³/mol. The maximum absolute atomic E-state index is 6.23. The highest BCUT2D eigenvalue weighted by molar-refractivity contribution is 7.10. The van der Waals surface area contributed by atoms with Gasteiger partial charge in [-0.2, -0.15) is 0 Å². The van der Waals surface area contributed by atoms with Crippen LogP contribution in [0.15, 0.2) is 41.8 Å². The summed E-state index contributed by atoms with van der Waals surface area (Å²) in [7, 11) is 0. The van der Waals surface area contributed by atoms with Crippen molar-refractivity contribution < 1.29 is 0 Å². The Hall–Kier alpha value is -0.830. The van der Waals surface area contributed by atoms with Crippen molar-refractivity contribution in [3.63, 3.8) is 0 Å². The predicted octanol–water partition coefficient (Wildman–Crippen LogP) is 5.03. The Morgan fingerprint density at radius 3 is 2.58 bits per heavy atom. The molecule has 102 valence electrons. The number of hydrogen-bond acceptors (Lipinski definition) is 2. The van der Waals surface area contributed by atoms with Crippen molar-refractivity contribution in [2.75, 3.05) is 6.54 Å². The topological polar surface area (TPSA) is 12.0 Å². The first-order chi connectivity index (χ1) is 9.00. The van der Waals surface area contributed by atoms with Gasteiger partial charge in [-0.05, 0) is 30.0 Å². The van der Waals surface area contributed by atoms with Gasteiger partial charge < -0.3 is 5.32 Å². The van der Waals surface area contributed by atoms with Crippen LogP contribution in [0.1, 0.15) is 37.3 Å². The molecule has 1 N–H and O–H groups in total. The number of benzene rings is 1. The fraction of sp³-hybridized carbons (Fsp3) is 0.375. The number of halogens is 1. The molecule has 0 saturated heterocycles. The van der Waals surface area contributed by atoms with E-state index in [9.17, 15) is 0 Å². The summed E-state index contributed by atoms with van der Waals surface area (Å²) in [6, 6.07) is 12.6. The van der Waals surface area contributed by atoms with Crippen molar-refractivity contribution in [2.24, 2.45) is 0 Å². The highest BCUT2D eigenvalue weighted by atomic mass is 35.5. The lowest BCUT2D eigenvalue weighted by Gasteiger charge is -2.26. The number of hydrogen-bond donors (Lipinski definition) is 1. The van der Waals surface area contributed by atoms with E-state index >= 15 is 0 Å². The van der Waals surface area contributed by atoms with Crippen molar-refractivity contribution in [3.05, 3.63) is 57.2 Å². The minimum atomic E-state index is 0.143. The van der Waals surface area contributed by atoms with Crippen LogP contribution in [0.4, 0.5) is 0 Å². The standard InChI is InChI=1S/C16H20ClNS/c1-12(13-7-4-5-8-14(13)17)18-11-16(2,3)15-9-6-10-19-15/h4-10,12,18H,11H2,1-3H3. The molecule has 2 aromatic rings. The molecule has 2 rings (SSSR count). The summed E-state index contributed by atoms with van der Waals surface area (Å²) in [6.45, 7) is 7.63. The van der Waals surface area contributed by atoms with E-state index in [4.69, 9.17) is 11.6 Å². The molecule has 1 heterocycles. The summed E-state index contributed by atoms with van der Waals surface area (Å²) in [5.41, 5.74) is 1.30. The SMILES string of the molecule is CC(NCC(C)(C)c1cccs1)c1ccccc1Cl. The Morgan fingerprint density at radius 1 is 1.21 bits per heavy atom. The van der Waals surface area contributed by atoms with E-state index in [2.05, 4.69) is 49.7 Å². The van der Waals surface area contributed by atoms with E-state index in [-0.39, 0.29) is 11.5 Å². The van der Waals surface area contributed by atoms with Crippen LogP contribution < -0.4 is 5.32 Å². The first kappa shape index (κ1) is 14.6. The molecule has 0 saturated carbocycles. The molecule has 1 aromatic carbocycles. The minimum Gasteiger partial charge on any atom is -0.309 e. The molecule has 0 fully saturated rings. The lowest BCUT2D eigenvalue weighted by molar-refractivity contribution is 0.441. The summed E-state index contributed by atoms with van der Waals surface area (Å²) in [5.74, 6) is 0. The summed E-state index contributed by atoms with van der Waals surface area (Å²) < 4.78 is 0. The third kappa shape index (κ3) is 3.59. The minimum absolute atomic E-state index is 0.143. The molecule has 0 aliphatic rings. The first-order valence-corrected chi connectivity index (χ1v) is 7.78. The van der Waals surface area contributed by atoms with E-state index in [1.807, 2.05) is 29.5 Å². The third-order valence-electron chi connectivity index (χ3n) is 3.41. The van der Waals surface area contributed by atoms with E-state index in [0.29, 0.717) is 0 Å². The molecule has 0 bridgehead atoms. The second-order valence-electron chi connectivity index (χ2n) is 5.49. The number of rotatable bonds is 5. The molecule has 1 atom stereocenters. The zero-order valence-electron chi connectivity index (χ0n) is 11.6. The van der Waals surface area contributed by atoms with Crippen LogP contribution in [0.25, 0.3) is 0 Å². The van der Waals surface area contributed by atoms with Crippen LogP contribution in [0.3, 0.4) is 0 Å². The fourth-order valence-electron chi connectivity index (χ4n) is 2.10. The summed E-state index contributed by atoms with van der Waals surface area (Å²) in [6.07, 6.45) is 0. The average Bonchev–Trinajstić information content (AvgIpc) is 2.91. The lowest BCUT2D eigenvalue weighted by atomic mass is 9.91. The largest absolute Gasteiger partial charge is 0.309 e. The van der Waals surface area contributed by atoms with E-state index < -0.39 is 0 Å². The Kier molecular flexibility index (Phi) is 4.67. The van der Waals surface area contributed by atoms with Gasteiger partial charge in [0.05, 0.1) is 0 Å². The van der Waals surface area contributed by atoms with Gasteiger partial charge in [0.25, 0.3) is 0 Å². The lowest BCUT2D eigenvalue weighted by Crippen LogP contribution is -2.33. The zero-order chi connectivity index (χ0) is 13.9. The van der Waals surface area contributed by atoms with Crippen LogP contribution in [0, 0.1) is 0 Å². The van der Waals surface area contributed by atoms with E-state index in [0.717, 1.165) is 17.1 Å². The van der Waals surface area contributed by atoms with Gasteiger partial charge in [-0.1, -0.05) is 49.7 Å². The van der Waals surface area contributed by atoms with Crippen molar-refractivity contribution in [3.8, 4) is 0 Å². The van der Waals surface area contributed by atoms with Gasteiger partial charge in [-0.15, -0.1) is 11.3 Å². The second-order valence-corrected chi connectivity index (χ2v) is 6.84. The average molecular weight is 294 g/mol. The molecule has 0 aliphatic carbocycles. The van der Waals surface area contributed by atoms with Crippen molar-refractivity contribution in [2.45, 2.75) is 32.2 Å². The molecule has 0 radical (unpaired) electrons. The van der Waals surface area contributed by atoms with Gasteiger partial charge in [0.1, 0.15) is 0 Å². The van der Waals surface area contributed by atoms with E-state index in [1.165, 1.54) is 4.88 Å². The Labute approximate surface area is 124 Å². The van der Waals surface area contributed by atoms with Crippen LogP contribution in [0.5, 0.6) is 0 Å². The number of nitrogens with one attached hydrogen (secondary N) is 1. The van der Waals surface area contributed by atoms with Gasteiger partial charge in [0.15, 0.2) is 0 Å². The quantitative estimate of drug-likeness (QED) is 0.815. The molecular formula is C16H20ClNS. The summed E-state index contributed by atoms with van der Waals surface area (Å²) in [4.78, 5) is 1.41. The van der Waals surface area contributed by atoms with Crippen LogP contribution in [-0.4, -0.2) is 6.54 Å². The smallest absolute Gasteiger partial charge is 0.0453 e. The summed E-state index contributed by atoms with van der Waals surface area (Å²) in [5, 5.41) is 6.55. The van der Waals surface area contributed by atoms with Gasteiger partial charge in [-0.3, -0.25) is 0 Å². The van der Waals surface area contributed by atoms with Crippen molar-refractivity contribution >= 4 is 22.9 Å². The molecular weight excluding hydrogens is 274 g/mol. The zero-order valence-corrected chi connectivity index (χ0v) is 13.2. The van der Waals surface area contributed by atoms with Crippen molar-refractivity contribution in [1.29, 1.82) is 0 Å². The second kappa shape index (κ2) is 6.08.